The van der Waals surface area contributed by atoms with Crippen LogP contribution in [0, 0.1) is 0 Å². The molecule has 4 aromatic rings. The van der Waals surface area contributed by atoms with E-state index in [0.717, 1.165) is 10.5 Å². The monoisotopic (exact) mass is 394 g/mol. The first-order valence-corrected chi connectivity index (χ1v) is 9.81. The number of nitrogens with one attached hydrogen (secondary N) is 1. The van der Waals surface area contributed by atoms with Crippen LogP contribution in [-0.4, -0.2) is 32.5 Å². The highest BCUT2D eigenvalue weighted by Crippen LogP contribution is 2.24. The molecule has 0 saturated carbocycles. The minimum atomic E-state index is -0.429. The van der Waals surface area contributed by atoms with Crippen molar-refractivity contribution in [3.05, 3.63) is 81.3 Å². The molecule has 0 radical (unpaired) electrons. The van der Waals surface area contributed by atoms with Crippen molar-refractivity contribution < 1.29 is 4.74 Å². The second-order valence-corrected chi connectivity index (χ2v) is 6.98. The predicted octanol–water partition coefficient (Wildman–Crippen LogP) is 2.65. The van der Waals surface area contributed by atoms with Crippen molar-refractivity contribution in [1.82, 2.24) is 19.1 Å². The van der Waals surface area contributed by atoms with Crippen LogP contribution in [-0.2, 0) is 6.54 Å². The molecule has 0 bridgehead atoms. The lowest BCUT2D eigenvalue weighted by atomic mass is 10.2. The van der Waals surface area contributed by atoms with E-state index in [1.807, 2.05) is 42.7 Å². The Morgan fingerprint density at radius 3 is 2.57 bits per heavy atom. The van der Waals surface area contributed by atoms with Gasteiger partial charge >= 0.3 is 5.69 Å². The van der Waals surface area contributed by atoms with Gasteiger partial charge in [-0.2, -0.15) is 0 Å². The SMILES string of the molecule is COc1ccc(Cn2c(=O)c3[nH]cnc3n(-c3ccccc3SC)c2=O)cc1. The second-order valence-electron chi connectivity index (χ2n) is 6.13. The fourth-order valence-electron chi connectivity index (χ4n) is 3.13. The highest BCUT2D eigenvalue weighted by molar-refractivity contribution is 7.98. The van der Waals surface area contributed by atoms with Crippen molar-refractivity contribution in [2.75, 3.05) is 13.4 Å². The molecule has 0 atom stereocenters. The average Bonchev–Trinajstić information content (AvgIpc) is 3.21. The quantitative estimate of drug-likeness (QED) is 0.526. The van der Waals surface area contributed by atoms with Gasteiger partial charge in [-0.05, 0) is 36.1 Å². The molecule has 2 heterocycles. The summed E-state index contributed by atoms with van der Waals surface area (Å²) >= 11 is 1.53. The molecule has 0 fully saturated rings. The third-order valence-electron chi connectivity index (χ3n) is 4.54. The molecule has 0 aliphatic heterocycles. The van der Waals surface area contributed by atoms with Gasteiger partial charge in [-0.25, -0.2) is 14.3 Å². The highest BCUT2D eigenvalue weighted by atomic mass is 32.2. The third kappa shape index (κ3) is 3.01. The summed E-state index contributed by atoms with van der Waals surface area (Å²) in [6.07, 6.45) is 3.38. The molecule has 8 heteroatoms. The number of fused-ring (bicyclic) bond motifs is 1. The summed E-state index contributed by atoms with van der Waals surface area (Å²) in [5.74, 6) is 0.714. The fraction of sp³-hybridized carbons (Fsp3) is 0.150. The van der Waals surface area contributed by atoms with Crippen LogP contribution in [0.2, 0.25) is 0 Å². The van der Waals surface area contributed by atoms with Crippen molar-refractivity contribution in [1.29, 1.82) is 0 Å². The molecule has 4 rings (SSSR count). The van der Waals surface area contributed by atoms with Crippen LogP contribution in [0.25, 0.3) is 16.9 Å². The number of para-hydroxylation sites is 1. The maximum absolute atomic E-state index is 13.3. The second kappa shape index (κ2) is 7.40. The summed E-state index contributed by atoms with van der Waals surface area (Å²) in [4.78, 5) is 34.3. The maximum Gasteiger partial charge on any atom is 0.337 e. The van der Waals surface area contributed by atoms with Crippen LogP contribution in [0.1, 0.15) is 5.56 Å². The lowest BCUT2D eigenvalue weighted by Crippen LogP contribution is -2.40. The van der Waals surface area contributed by atoms with E-state index >= 15 is 0 Å². The number of ether oxygens (including phenoxy) is 1. The number of hydrogen-bond donors (Lipinski definition) is 1. The summed E-state index contributed by atoms with van der Waals surface area (Å²) in [5.41, 5.74) is 1.31. The fourth-order valence-corrected chi connectivity index (χ4v) is 3.71. The number of aromatic amines is 1. The van der Waals surface area contributed by atoms with Gasteiger partial charge in [0.1, 0.15) is 11.3 Å². The Kier molecular flexibility index (Phi) is 4.79. The number of thioether (sulfide) groups is 1. The summed E-state index contributed by atoms with van der Waals surface area (Å²) < 4.78 is 7.88. The Bertz CT molecular complexity index is 1260. The number of nitrogens with zero attached hydrogens (tertiary/aromatic N) is 3. The van der Waals surface area contributed by atoms with Crippen LogP contribution >= 0.6 is 11.8 Å². The normalized spacial score (nSPS) is 11.1. The van der Waals surface area contributed by atoms with Crippen LogP contribution < -0.4 is 16.0 Å². The zero-order valence-electron chi connectivity index (χ0n) is 15.4. The highest BCUT2D eigenvalue weighted by Gasteiger charge is 2.18. The molecule has 1 N–H and O–H groups in total. The maximum atomic E-state index is 13.3. The predicted molar refractivity (Wildman–Crippen MR) is 110 cm³/mol. The lowest BCUT2D eigenvalue weighted by molar-refractivity contribution is 0.414. The number of H-pyrrole nitrogens is 1. The van der Waals surface area contributed by atoms with E-state index < -0.39 is 11.2 Å². The largest absolute Gasteiger partial charge is 0.497 e. The van der Waals surface area contributed by atoms with Crippen molar-refractivity contribution >= 4 is 22.9 Å². The number of aromatic nitrogens is 4. The minimum Gasteiger partial charge on any atom is -0.497 e. The van der Waals surface area contributed by atoms with E-state index in [1.165, 1.54) is 27.2 Å². The van der Waals surface area contributed by atoms with Gasteiger partial charge in [0.15, 0.2) is 5.65 Å². The molecule has 2 aromatic heterocycles. The summed E-state index contributed by atoms with van der Waals surface area (Å²) in [7, 11) is 1.59. The molecule has 0 aliphatic rings. The smallest absolute Gasteiger partial charge is 0.337 e. The Labute approximate surface area is 164 Å². The van der Waals surface area contributed by atoms with E-state index in [1.54, 1.807) is 19.2 Å². The first-order valence-electron chi connectivity index (χ1n) is 8.59. The van der Waals surface area contributed by atoms with E-state index in [9.17, 15) is 9.59 Å². The summed E-state index contributed by atoms with van der Waals surface area (Å²) in [6, 6.07) is 14.8. The van der Waals surface area contributed by atoms with Gasteiger partial charge in [0.2, 0.25) is 0 Å². The van der Waals surface area contributed by atoms with Crippen molar-refractivity contribution in [3.8, 4) is 11.4 Å². The molecular formula is C20H18N4O3S. The van der Waals surface area contributed by atoms with Gasteiger partial charge in [0, 0.05) is 4.90 Å². The standard InChI is InChI=1S/C20H18N4O3S/c1-27-14-9-7-13(8-10-14)11-23-19(25)17-18(22-12-21-17)24(20(23)26)15-5-3-4-6-16(15)28-2/h3-10,12H,11H2,1-2H3,(H,21,22). The molecule has 28 heavy (non-hydrogen) atoms. The van der Waals surface area contributed by atoms with Crippen molar-refractivity contribution in [3.63, 3.8) is 0 Å². The zero-order chi connectivity index (χ0) is 19.7. The van der Waals surface area contributed by atoms with Crippen LogP contribution in [0.4, 0.5) is 0 Å². The Hall–Kier alpha value is -3.26. The molecule has 0 amide bonds. The molecule has 0 spiro atoms. The third-order valence-corrected chi connectivity index (χ3v) is 5.32. The number of rotatable bonds is 5. The van der Waals surface area contributed by atoms with E-state index in [4.69, 9.17) is 4.74 Å². The Balaban J connectivity index is 1.95. The lowest BCUT2D eigenvalue weighted by Gasteiger charge is -2.14. The van der Waals surface area contributed by atoms with E-state index in [-0.39, 0.29) is 6.54 Å². The van der Waals surface area contributed by atoms with Crippen molar-refractivity contribution in [2.45, 2.75) is 11.4 Å². The molecule has 0 aliphatic carbocycles. The molecule has 142 valence electrons. The first kappa shape index (κ1) is 18.1. The summed E-state index contributed by atoms with van der Waals surface area (Å²) in [5, 5.41) is 0. The van der Waals surface area contributed by atoms with Crippen molar-refractivity contribution in [2.24, 2.45) is 0 Å². The van der Waals surface area contributed by atoms with E-state index in [2.05, 4.69) is 9.97 Å². The summed E-state index contributed by atoms with van der Waals surface area (Å²) in [6.45, 7) is 0.151. The van der Waals surface area contributed by atoms with Gasteiger partial charge < -0.3 is 9.72 Å². The molecule has 7 nitrogen and oxygen atoms in total. The van der Waals surface area contributed by atoms with Gasteiger partial charge in [-0.15, -0.1) is 11.8 Å². The molecular weight excluding hydrogens is 376 g/mol. The minimum absolute atomic E-state index is 0.151. The van der Waals surface area contributed by atoms with E-state index in [0.29, 0.717) is 22.6 Å². The van der Waals surface area contributed by atoms with Gasteiger partial charge in [-0.3, -0.25) is 9.36 Å². The molecule has 0 saturated heterocycles. The number of methoxy groups -OCH3 is 1. The Morgan fingerprint density at radius 1 is 1.11 bits per heavy atom. The van der Waals surface area contributed by atoms with Gasteiger partial charge in [0.05, 0.1) is 25.7 Å². The number of hydrogen-bond acceptors (Lipinski definition) is 5. The number of benzene rings is 2. The Morgan fingerprint density at radius 2 is 1.86 bits per heavy atom. The number of imidazole rings is 1. The van der Waals surface area contributed by atoms with Crippen LogP contribution in [0.15, 0.2) is 69.3 Å². The molecule has 0 unspecified atom stereocenters. The zero-order valence-corrected chi connectivity index (χ0v) is 16.2. The first-order chi connectivity index (χ1) is 13.6. The molecule has 2 aromatic carbocycles. The van der Waals surface area contributed by atoms with Gasteiger partial charge in [-0.1, -0.05) is 24.3 Å². The van der Waals surface area contributed by atoms with Gasteiger partial charge in [0.25, 0.3) is 5.56 Å². The topological polar surface area (TPSA) is 81.9 Å². The van der Waals surface area contributed by atoms with Crippen LogP contribution in [0.5, 0.6) is 5.75 Å². The average molecular weight is 394 g/mol. The van der Waals surface area contributed by atoms with Crippen LogP contribution in [0.3, 0.4) is 0 Å².